The molecule has 0 saturated carbocycles. The number of alkyl halides is 6. The molecule has 2 N–H and O–H groups in total. The van der Waals surface area contributed by atoms with Gasteiger partial charge in [-0.2, -0.15) is 26.3 Å². The molecule has 0 unspecified atom stereocenters. The molecule has 0 aromatic heterocycles. The van der Waals surface area contributed by atoms with Crippen molar-refractivity contribution in [3.63, 3.8) is 0 Å². The second-order valence-electron chi connectivity index (χ2n) is 3.30. The highest BCUT2D eigenvalue weighted by atomic mass is 19.4. The Hall–Kier alpha value is -1.47. The van der Waals surface area contributed by atoms with Crippen molar-refractivity contribution in [2.24, 2.45) is 0 Å². The second-order valence-corrected chi connectivity index (χ2v) is 3.30. The molecular weight excluding hydrogens is 255 g/mol. The molecule has 0 fully saturated rings. The summed E-state index contributed by atoms with van der Waals surface area (Å²) < 4.78 is 86.7. The Morgan fingerprint density at radius 1 is 0.941 bits per heavy atom. The fourth-order valence-electron chi connectivity index (χ4n) is 1.32. The van der Waals surface area contributed by atoms with Crippen LogP contribution in [0.5, 0.6) is 0 Å². The minimum atomic E-state index is -5.62. The molecule has 0 saturated heterocycles. The van der Waals surface area contributed by atoms with E-state index in [0.717, 1.165) is 6.07 Å². The van der Waals surface area contributed by atoms with Crippen LogP contribution >= 0.6 is 0 Å². The molecule has 1 aromatic carbocycles. The number of halogens is 7. The van der Waals surface area contributed by atoms with Gasteiger partial charge in [0.25, 0.3) is 0 Å². The van der Waals surface area contributed by atoms with Crippen LogP contribution in [-0.2, 0) is 0 Å². The molecule has 0 radical (unpaired) electrons. The Morgan fingerprint density at radius 3 is 1.76 bits per heavy atom. The summed E-state index contributed by atoms with van der Waals surface area (Å²) in [6.45, 7) is 0. The lowest BCUT2D eigenvalue weighted by Crippen LogP contribution is -2.34. The van der Waals surface area contributed by atoms with Gasteiger partial charge in [-0.25, -0.2) is 4.39 Å². The zero-order valence-electron chi connectivity index (χ0n) is 8.03. The molecule has 1 nitrogen and oxygen atoms in total. The lowest BCUT2D eigenvalue weighted by atomic mass is 9.97. The van der Waals surface area contributed by atoms with Crippen molar-refractivity contribution in [1.82, 2.24) is 0 Å². The van der Waals surface area contributed by atoms with Crippen LogP contribution in [-0.4, -0.2) is 12.4 Å². The minimum Gasteiger partial charge on any atom is -0.399 e. The van der Waals surface area contributed by atoms with E-state index in [1.54, 1.807) is 0 Å². The van der Waals surface area contributed by atoms with Gasteiger partial charge in [-0.1, -0.05) is 6.07 Å². The monoisotopic (exact) mass is 261 g/mol. The first kappa shape index (κ1) is 13.6. The molecule has 1 aromatic rings. The average molecular weight is 261 g/mol. The van der Waals surface area contributed by atoms with Crippen LogP contribution in [0, 0.1) is 5.82 Å². The predicted octanol–water partition coefficient (Wildman–Crippen LogP) is 3.62. The first-order valence-electron chi connectivity index (χ1n) is 4.22. The quantitative estimate of drug-likeness (QED) is 0.606. The van der Waals surface area contributed by atoms with Gasteiger partial charge in [-0.3, -0.25) is 0 Å². The van der Waals surface area contributed by atoms with Crippen molar-refractivity contribution in [3.05, 3.63) is 29.6 Å². The highest BCUT2D eigenvalue weighted by Crippen LogP contribution is 2.47. The Labute approximate surface area is 91.0 Å². The molecule has 0 spiro atoms. The average Bonchev–Trinajstić information content (AvgIpc) is 2.04. The SMILES string of the molecule is Nc1ccc(C(C(F)(F)F)C(F)(F)F)c(F)c1. The van der Waals surface area contributed by atoms with Crippen LogP contribution in [0.2, 0.25) is 0 Å². The maximum atomic E-state index is 13.1. The highest BCUT2D eigenvalue weighted by molar-refractivity contribution is 5.42. The van der Waals surface area contributed by atoms with Crippen LogP contribution < -0.4 is 5.73 Å². The number of nitrogens with two attached hydrogens (primary N) is 1. The van der Waals surface area contributed by atoms with Crippen LogP contribution in [0.25, 0.3) is 0 Å². The Morgan fingerprint density at radius 2 is 1.41 bits per heavy atom. The first-order valence-corrected chi connectivity index (χ1v) is 4.22. The summed E-state index contributed by atoms with van der Waals surface area (Å²) in [6, 6.07) is 1.58. The van der Waals surface area contributed by atoms with Gasteiger partial charge in [0, 0.05) is 11.3 Å². The zero-order chi connectivity index (χ0) is 13.4. The van der Waals surface area contributed by atoms with Gasteiger partial charge >= 0.3 is 12.4 Å². The smallest absolute Gasteiger partial charge is 0.399 e. The van der Waals surface area contributed by atoms with Gasteiger partial charge in [0.05, 0.1) is 0 Å². The standard InChI is InChI=1S/C9H6F7N/c10-6-3-4(17)1-2-5(6)7(8(11,12)13)9(14,15)16/h1-3,7H,17H2. The molecule has 8 heteroatoms. The molecule has 0 aliphatic carbocycles. The third-order valence-corrected chi connectivity index (χ3v) is 1.99. The second kappa shape index (κ2) is 4.08. The number of benzene rings is 1. The Bertz CT molecular complexity index is 393. The van der Waals surface area contributed by atoms with Crippen molar-refractivity contribution in [3.8, 4) is 0 Å². The fraction of sp³-hybridized carbons (Fsp3) is 0.333. The van der Waals surface area contributed by atoms with E-state index in [2.05, 4.69) is 0 Å². The molecule has 0 aliphatic rings. The number of anilines is 1. The molecule has 1 rings (SSSR count). The molecule has 0 aliphatic heterocycles. The van der Waals surface area contributed by atoms with Gasteiger partial charge in [-0.05, 0) is 12.1 Å². The van der Waals surface area contributed by atoms with E-state index in [9.17, 15) is 30.7 Å². The Kier molecular flexibility index (Phi) is 3.26. The summed E-state index contributed by atoms with van der Waals surface area (Å²) in [7, 11) is 0. The zero-order valence-corrected chi connectivity index (χ0v) is 8.03. The van der Waals surface area contributed by atoms with E-state index in [1.165, 1.54) is 0 Å². The van der Waals surface area contributed by atoms with Crippen molar-refractivity contribution in [2.75, 3.05) is 5.73 Å². The van der Waals surface area contributed by atoms with Gasteiger partial charge in [0.15, 0.2) is 5.92 Å². The van der Waals surface area contributed by atoms with Crippen LogP contribution in [0.4, 0.5) is 36.4 Å². The van der Waals surface area contributed by atoms with E-state index in [1.807, 2.05) is 0 Å². The van der Waals surface area contributed by atoms with Crippen LogP contribution in [0.1, 0.15) is 11.5 Å². The summed E-state index contributed by atoms with van der Waals surface area (Å²) in [5, 5.41) is 0. The molecule has 17 heavy (non-hydrogen) atoms. The van der Waals surface area contributed by atoms with Gasteiger partial charge in [0.2, 0.25) is 0 Å². The van der Waals surface area contributed by atoms with Crippen molar-refractivity contribution >= 4 is 5.69 Å². The number of hydrogen-bond acceptors (Lipinski definition) is 1. The van der Waals surface area contributed by atoms with Gasteiger partial charge < -0.3 is 5.73 Å². The van der Waals surface area contributed by atoms with E-state index < -0.39 is 29.7 Å². The van der Waals surface area contributed by atoms with E-state index >= 15 is 0 Å². The highest BCUT2D eigenvalue weighted by Gasteiger charge is 2.58. The van der Waals surface area contributed by atoms with Gasteiger partial charge in [0.1, 0.15) is 5.82 Å². The molecule has 0 bridgehead atoms. The summed E-state index contributed by atoms with van der Waals surface area (Å²) in [6.07, 6.45) is -11.2. The Balaban J connectivity index is 3.34. The van der Waals surface area contributed by atoms with Gasteiger partial charge in [-0.15, -0.1) is 0 Å². The van der Waals surface area contributed by atoms with Crippen LogP contribution in [0.15, 0.2) is 18.2 Å². The maximum Gasteiger partial charge on any atom is 0.404 e. The molecular formula is C9H6F7N. The molecule has 0 amide bonds. The summed E-state index contributed by atoms with van der Waals surface area (Å²) in [4.78, 5) is 0. The van der Waals surface area contributed by atoms with Crippen molar-refractivity contribution < 1.29 is 30.7 Å². The molecule has 96 valence electrons. The number of rotatable bonds is 1. The third-order valence-electron chi connectivity index (χ3n) is 1.99. The molecule has 0 atom stereocenters. The minimum absolute atomic E-state index is 0.255. The number of nitrogen functional groups attached to an aromatic ring is 1. The summed E-state index contributed by atoms with van der Waals surface area (Å²) in [5.74, 6) is -5.49. The van der Waals surface area contributed by atoms with E-state index in [0.29, 0.717) is 12.1 Å². The van der Waals surface area contributed by atoms with Crippen molar-refractivity contribution in [1.29, 1.82) is 0 Å². The summed E-state index contributed by atoms with van der Waals surface area (Å²) in [5.41, 5.74) is 3.30. The van der Waals surface area contributed by atoms with Crippen LogP contribution in [0.3, 0.4) is 0 Å². The lowest BCUT2D eigenvalue weighted by Gasteiger charge is -2.23. The van der Waals surface area contributed by atoms with E-state index in [-0.39, 0.29) is 5.69 Å². The largest absolute Gasteiger partial charge is 0.404 e. The number of hydrogen-bond donors (Lipinski definition) is 1. The summed E-state index contributed by atoms with van der Waals surface area (Å²) >= 11 is 0. The first-order chi connectivity index (χ1) is 7.53. The van der Waals surface area contributed by atoms with Crippen molar-refractivity contribution in [2.45, 2.75) is 18.3 Å². The fourth-order valence-corrected chi connectivity index (χ4v) is 1.32. The lowest BCUT2D eigenvalue weighted by molar-refractivity contribution is -0.254. The third kappa shape index (κ3) is 3.01. The maximum absolute atomic E-state index is 13.1. The molecule has 0 heterocycles. The van der Waals surface area contributed by atoms with E-state index in [4.69, 9.17) is 5.73 Å². The normalized spacial score (nSPS) is 13.2. The topological polar surface area (TPSA) is 26.0 Å². The predicted molar refractivity (Wildman–Crippen MR) is 45.7 cm³/mol.